The van der Waals surface area contributed by atoms with Crippen molar-refractivity contribution in [1.29, 1.82) is 0 Å². The fraction of sp³-hybridized carbons (Fsp3) is 0.349. The smallest absolute Gasteiger partial charge is 0.230 e. The van der Waals surface area contributed by atoms with E-state index in [4.69, 9.17) is 51.6 Å². The highest BCUT2D eigenvalue weighted by Gasteiger charge is 2.20. The lowest BCUT2D eigenvalue weighted by Crippen LogP contribution is -2.06. The highest BCUT2D eigenvalue weighted by Crippen LogP contribution is 2.39. The third-order valence-electron chi connectivity index (χ3n) is 8.74. The van der Waals surface area contributed by atoms with Crippen molar-refractivity contribution in [2.45, 2.75) is 64.2 Å². The molecule has 0 fully saturated rings. The summed E-state index contributed by atoms with van der Waals surface area (Å²) in [6, 6.07) is 24.5. The van der Waals surface area contributed by atoms with E-state index in [1.807, 2.05) is 30.3 Å². The number of rotatable bonds is 24. The lowest BCUT2D eigenvalue weighted by Gasteiger charge is -2.12. The standard InChI is InChI=1S/C43H48Cl2O6/c1-3-46-21-9-5-7-11-23-48-42-19-14-33(27-40(42)44)25-32-13-17-38-34(26-32)28-35-29-36(15-18-39(35)38)50-31-51-37-16-20-43(41(45)30-37)49-24-12-8-6-10-22-47-4-2/h3-4,13-20,26-27,29-30H,1-2,5-12,21-25,28,31H2. The van der Waals surface area contributed by atoms with Crippen LogP contribution < -0.4 is 18.9 Å². The minimum absolute atomic E-state index is 0.0701. The maximum Gasteiger partial charge on any atom is 0.230 e. The Hall–Kier alpha value is -4.26. The molecule has 0 unspecified atom stereocenters. The van der Waals surface area contributed by atoms with Gasteiger partial charge in [-0.15, -0.1) is 0 Å². The minimum atomic E-state index is 0.0701. The molecule has 0 saturated heterocycles. The van der Waals surface area contributed by atoms with E-state index in [2.05, 4.69) is 49.6 Å². The fourth-order valence-corrected chi connectivity index (χ4v) is 6.60. The molecular weight excluding hydrogens is 683 g/mol. The quantitative estimate of drug-likeness (QED) is 0.0358. The highest BCUT2D eigenvalue weighted by molar-refractivity contribution is 6.32. The molecule has 270 valence electrons. The molecule has 0 atom stereocenters. The molecule has 6 nitrogen and oxygen atoms in total. The predicted molar refractivity (Wildman–Crippen MR) is 207 cm³/mol. The Balaban J connectivity index is 1.04. The minimum Gasteiger partial charge on any atom is -0.502 e. The van der Waals surface area contributed by atoms with Gasteiger partial charge in [-0.25, -0.2) is 0 Å². The Labute approximate surface area is 312 Å². The average Bonchev–Trinajstić information content (AvgIpc) is 3.49. The molecule has 4 aromatic carbocycles. The van der Waals surface area contributed by atoms with Gasteiger partial charge in [-0.2, -0.15) is 0 Å². The van der Waals surface area contributed by atoms with Gasteiger partial charge in [-0.3, -0.25) is 0 Å². The van der Waals surface area contributed by atoms with Gasteiger partial charge in [-0.1, -0.05) is 66.7 Å². The molecule has 0 radical (unpaired) electrons. The largest absolute Gasteiger partial charge is 0.502 e. The van der Waals surface area contributed by atoms with Gasteiger partial charge in [0.1, 0.15) is 23.0 Å². The maximum atomic E-state index is 6.60. The first-order chi connectivity index (χ1) is 25.0. The van der Waals surface area contributed by atoms with E-state index < -0.39 is 0 Å². The zero-order valence-electron chi connectivity index (χ0n) is 29.3. The second-order valence-corrected chi connectivity index (χ2v) is 13.3. The zero-order chi connectivity index (χ0) is 35.7. The molecule has 5 rings (SSSR count). The van der Waals surface area contributed by atoms with Crippen LogP contribution in [0.25, 0.3) is 11.1 Å². The summed E-state index contributed by atoms with van der Waals surface area (Å²) < 4.78 is 33.9. The molecule has 0 N–H and O–H groups in total. The van der Waals surface area contributed by atoms with Crippen LogP contribution >= 0.6 is 23.2 Å². The van der Waals surface area contributed by atoms with Gasteiger partial charge < -0.3 is 28.4 Å². The van der Waals surface area contributed by atoms with Crippen LogP contribution in [-0.4, -0.2) is 33.2 Å². The third kappa shape index (κ3) is 11.9. The molecule has 0 bridgehead atoms. The van der Waals surface area contributed by atoms with E-state index in [9.17, 15) is 0 Å². The summed E-state index contributed by atoms with van der Waals surface area (Å²) in [5.41, 5.74) is 7.46. The number of halogens is 2. The van der Waals surface area contributed by atoms with E-state index >= 15 is 0 Å². The van der Waals surface area contributed by atoms with E-state index in [-0.39, 0.29) is 6.79 Å². The number of fused-ring (bicyclic) bond motifs is 3. The Morgan fingerprint density at radius 2 is 1.00 bits per heavy atom. The highest BCUT2D eigenvalue weighted by atomic mass is 35.5. The van der Waals surface area contributed by atoms with Crippen molar-refractivity contribution in [3.63, 3.8) is 0 Å². The molecule has 0 saturated carbocycles. The summed E-state index contributed by atoms with van der Waals surface area (Å²) in [7, 11) is 0. The van der Waals surface area contributed by atoms with E-state index in [1.165, 1.54) is 40.3 Å². The molecule has 0 heterocycles. The number of hydrogen-bond donors (Lipinski definition) is 0. The molecule has 0 aliphatic heterocycles. The Kier molecular flexibility index (Phi) is 15.3. The molecule has 0 spiro atoms. The number of benzene rings is 4. The fourth-order valence-electron chi connectivity index (χ4n) is 6.11. The second-order valence-electron chi connectivity index (χ2n) is 12.5. The third-order valence-corrected chi connectivity index (χ3v) is 9.33. The first-order valence-corrected chi connectivity index (χ1v) is 18.6. The van der Waals surface area contributed by atoms with Gasteiger partial charge in [0.2, 0.25) is 6.79 Å². The molecule has 8 heteroatoms. The van der Waals surface area contributed by atoms with Crippen molar-refractivity contribution in [2.24, 2.45) is 0 Å². The van der Waals surface area contributed by atoms with Crippen LogP contribution in [0.15, 0.2) is 98.5 Å². The maximum absolute atomic E-state index is 6.60. The molecule has 1 aliphatic carbocycles. The molecule has 4 aromatic rings. The summed E-state index contributed by atoms with van der Waals surface area (Å²) in [6.07, 6.45) is 13.0. The Bertz CT molecular complexity index is 1720. The summed E-state index contributed by atoms with van der Waals surface area (Å²) in [6.45, 7) is 9.89. The monoisotopic (exact) mass is 730 g/mol. The molecular formula is C43H48Cl2O6. The number of hydrogen-bond acceptors (Lipinski definition) is 6. The SMILES string of the molecule is C=COCCCCCCOc1ccc(Cc2ccc3c(c2)Cc2cc(OCOc4ccc(OCCCCCCOC=C)c(Cl)c4)ccc2-3)cc1Cl. The van der Waals surface area contributed by atoms with Crippen molar-refractivity contribution in [2.75, 3.05) is 33.2 Å². The van der Waals surface area contributed by atoms with Crippen LogP contribution in [0.1, 0.15) is 73.6 Å². The first-order valence-electron chi connectivity index (χ1n) is 17.8. The van der Waals surface area contributed by atoms with E-state index in [0.29, 0.717) is 41.4 Å². The molecule has 0 aromatic heterocycles. The summed E-state index contributed by atoms with van der Waals surface area (Å²) in [4.78, 5) is 0. The van der Waals surface area contributed by atoms with Crippen LogP contribution in [0.3, 0.4) is 0 Å². The molecule has 0 amide bonds. The summed E-state index contributed by atoms with van der Waals surface area (Å²) in [5.74, 6) is 2.77. The van der Waals surface area contributed by atoms with Crippen molar-refractivity contribution in [1.82, 2.24) is 0 Å². The molecule has 51 heavy (non-hydrogen) atoms. The van der Waals surface area contributed by atoms with Gasteiger partial charge in [-0.05, 0) is 134 Å². The summed E-state index contributed by atoms with van der Waals surface area (Å²) >= 11 is 13.1. The Morgan fingerprint density at radius 3 is 1.61 bits per heavy atom. The topological polar surface area (TPSA) is 55.4 Å². The second kappa shape index (κ2) is 20.6. The normalized spacial score (nSPS) is 11.3. The van der Waals surface area contributed by atoms with Crippen LogP contribution in [0.4, 0.5) is 0 Å². The van der Waals surface area contributed by atoms with Crippen LogP contribution in [0.5, 0.6) is 23.0 Å². The van der Waals surface area contributed by atoms with Crippen LogP contribution in [0, 0.1) is 0 Å². The van der Waals surface area contributed by atoms with Gasteiger partial charge in [0.05, 0.1) is 49.0 Å². The van der Waals surface area contributed by atoms with Gasteiger partial charge >= 0.3 is 0 Å². The van der Waals surface area contributed by atoms with Gasteiger partial charge in [0, 0.05) is 6.07 Å². The van der Waals surface area contributed by atoms with Crippen LogP contribution in [-0.2, 0) is 22.3 Å². The van der Waals surface area contributed by atoms with Crippen molar-refractivity contribution < 1.29 is 28.4 Å². The zero-order valence-corrected chi connectivity index (χ0v) is 30.8. The van der Waals surface area contributed by atoms with Crippen molar-refractivity contribution in [3.8, 4) is 34.1 Å². The number of ether oxygens (including phenoxy) is 6. The lowest BCUT2D eigenvalue weighted by molar-refractivity contribution is 0.119. The first kappa shape index (κ1) is 38.0. The lowest BCUT2D eigenvalue weighted by atomic mass is 9.99. The van der Waals surface area contributed by atoms with E-state index in [1.54, 1.807) is 6.07 Å². The van der Waals surface area contributed by atoms with E-state index in [0.717, 1.165) is 87.9 Å². The number of unbranched alkanes of at least 4 members (excludes halogenated alkanes) is 6. The van der Waals surface area contributed by atoms with Gasteiger partial charge in [0.25, 0.3) is 0 Å². The Morgan fingerprint density at radius 1 is 0.510 bits per heavy atom. The van der Waals surface area contributed by atoms with Crippen LogP contribution in [0.2, 0.25) is 10.0 Å². The average molecular weight is 732 g/mol. The van der Waals surface area contributed by atoms with Crippen molar-refractivity contribution >= 4 is 23.2 Å². The predicted octanol–water partition coefficient (Wildman–Crippen LogP) is 11.8. The van der Waals surface area contributed by atoms with Gasteiger partial charge in [0.15, 0.2) is 0 Å². The summed E-state index contributed by atoms with van der Waals surface area (Å²) in [5, 5.41) is 1.16. The van der Waals surface area contributed by atoms with Crippen molar-refractivity contribution in [3.05, 3.63) is 131 Å². The molecule has 1 aliphatic rings.